The van der Waals surface area contributed by atoms with Crippen molar-refractivity contribution in [3.05, 3.63) is 52.0 Å². The molecule has 0 fully saturated rings. The van der Waals surface area contributed by atoms with Gasteiger partial charge >= 0.3 is 6.61 Å². The third kappa shape index (κ3) is 8.64. The molecule has 0 aliphatic heterocycles. The number of nitrogens with one attached hydrogen (secondary N) is 1. The standard InChI is InChI=1S/C24H29BrF2N2O4/c1-4-5-10-32-22-8-6-18(25)13-20(22)16(2)11-23(31)28-19-7-9-21(33-24(26)27)17(12-19)14-29(3)15-30/h6-9,12-13,15-16,24H,4-5,10-11,14H2,1-3H3,(H,28,31)/t16-/m1/s1. The predicted octanol–water partition coefficient (Wildman–Crippen LogP) is 5.95. The molecule has 0 aliphatic rings. The van der Waals surface area contributed by atoms with E-state index in [4.69, 9.17) is 4.74 Å². The van der Waals surface area contributed by atoms with E-state index in [1.807, 2.05) is 25.1 Å². The van der Waals surface area contributed by atoms with Gasteiger partial charge in [0.2, 0.25) is 12.3 Å². The van der Waals surface area contributed by atoms with Crippen LogP contribution < -0.4 is 14.8 Å². The third-order valence-corrected chi connectivity index (χ3v) is 5.40. The molecule has 2 rings (SSSR count). The first-order chi connectivity index (χ1) is 15.7. The van der Waals surface area contributed by atoms with Crippen LogP contribution in [0.3, 0.4) is 0 Å². The van der Waals surface area contributed by atoms with E-state index in [0.29, 0.717) is 24.3 Å². The smallest absolute Gasteiger partial charge is 0.387 e. The van der Waals surface area contributed by atoms with Gasteiger partial charge in [0.15, 0.2) is 0 Å². The molecule has 2 amide bonds. The second-order valence-electron chi connectivity index (χ2n) is 7.76. The van der Waals surface area contributed by atoms with Crippen LogP contribution in [0, 0.1) is 0 Å². The van der Waals surface area contributed by atoms with Gasteiger partial charge in [-0.1, -0.05) is 36.2 Å². The summed E-state index contributed by atoms with van der Waals surface area (Å²) in [5.41, 5.74) is 1.70. The summed E-state index contributed by atoms with van der Waals surface area (Å²) < 4.78 is 36.7. The molecular formula is C24H29BrF2N2O4. The summed E-state index contributed by atoms with van der Waals surface area (Å²) in [5.74, 6) is 0.341. The lowest BCUT2D eigenvalue weighted by Gasteiger charge is -2.18. The highest BCUT2D eigenvalue weighted by atomic mass is 79.9. The van der Waals surface area contributed by atoms with E-state index >= 15 is 0 Å². The van der Waals surface area contributed by atoms with Crippen molar-refractivity contribution in [3.8, 4) is 11.5 Å². The molecule has 0 radical (unpaired) electrons. The summed E-state index contributed by atoms with van der Waals surface area (Å²) in [4.78, 5) is 25.0. The van der Waals surface area contributed by atoms with Crippen LogP contribution in [0.4, 0.5) is 14.5 Å². The second kappa shape index (κ2) is 13.1. The average Bonchev–Trinajstić information content (AvgIpc) is 2.76. The van der Waals surface area contributed by atoms with Gasteiger partial charge in [0.05, 0.1) is 6.61 Å². The topological polar surface area (TPSA) is 67.9 Å². The van der Waals surface area contributed by atoms with E-state index in [0.717, 1.165) is 28.6 Å². The third-order valence-electron chi connectivity index (χ3n) is 4.91. The van der Waals surface area contributed by atoms with Gasteiger partial charge in [-0.05, 0) is 54.3 Å². The van der Waals surface area contributed by atoms with Crippen LogP contribution in [0.2, 0.25) is 0 Å². The highest BCUT2D eigenvalue weighted by molar-refractivity contribution is 9.10. The van der Waals surface area contributed by atoms with Gasteiger partial charge in [0.1, 0.15) is 11.5 Å². The number of rotatable bonds is 13. The second-order valence-corrected chi connectivity index (χ2v) is 8.67. The Kier molecular flexibility index (Phi) is 10.6. The number of unbranched alkanes of at least 4 members (excludes halogenated alkanes) is 1. The van der Waals surface area contributed by atoms with E-state index in [-0.39, 0.29) is 30.5 Å². The summed E-state index contributed by atoms with van der Waals surface area (Å²) in [5, 5.41) is 2.80. The maximum Gasteiger partial charge on any atom is 0.387 e. The number of hydrogen-bond acceptors (Lipinski definition) is 4. The highest BCUT2D eigenvalue weighted by Gasteiger charge is 2.18. The number of amides is 2. The Bertz CT molecular complexity index is 943. The number of nitrogens with zero attached hydrogens (tertiary/aromatic N) is 1. The van der Waals surface area contributed by atoms with E-state index < -0.39 is 6.61 Å². The number of halogens is 3. The van der Waals surface area contributed by atoms with E-state index in [1.165, 1.54) is 30.1 Å². The molecule has 0 unspecified atom stereocenters. The Hall–Kier alpha value is -2.68. The van der Waals surface area contributed by atoms with Crippen molar-refractivity contribution in [3.63, 3.8) is 0 Å². The Balaban J connectivity index is 2.13. The van der Waals surface area contributed by atoms with Crippen LogP contribution >= 0.6 is 15.9 Å². The molecule has 9 heteroatoms. The first-order valence-electron chi connectivity index (χ1n) is 10.7. The summed E-state index contributed by atoms with van der Waals surface area (Å²) in [6.07, 6.45) is 2.74. The van der Waals surface area contributed by atoms with Gasteiger partial charge in [-0.2, -0.15) is 8.78 Å². The van der Waals surface area contributed by atoms with Crippen molar-refractivity contribution in [2.75, 3.05) is 19.0 Å². The highest BCUT2D eigenvalue weighted by Crippen LogP contribution is 2.32. The van der Waals surface area contributed by atoms with Crippen molar-refractivity contribution in [1.29, 1.82) is 0 Å². The molecule has 1 N–H and O–H groups in total. The minimum Gasteiger partial charge on any atom is -0.493 e. The van der Waals surface area contributed by atoms with Crippen LogP contribution in [-0.4, -0.2) is 37.5 Å². The van der Waals surface area contributed by atoms with Gasteiger partial charge in [0, 0.05) is 35.7 Å². The number of carbonyl (C=O) groups excluding carboxylic acids is 2. The first kappa shape index (κ1) is 26.6. The molecule has 6 nitrogen and oxygen atoms in total. The summed E-state index contributed by atoms with van der Waals surface area (Å²) in [7, 11) is 1.52. The van der Waals surface area contributed by atoms with E-state index in [1.54, 1.807) is 0 Å². The number of ether oxygens (including phenoxy) is 2. The number of anilines is 1. The average molecular weight is 527 g/mol. The zero-order valence-electron chi connectivity index (χ0n) is 18.9. The van der Waals surface area contributed by atoms with Gasteiger partial charge < -0.3 is 19.7 Å². The van der Waals surface area contributed by atoms with Crippen LogP contribution in [0.1, 0.15) is 50.2 Å². The van der Waals surface area contributed by atoms with Crippen molar-refractivity contribution in [2.24, 2.45) is 0 Å². The normalized spacial score (nSPS) is 11.7. The maximum atomic E-state index is 12.7. The molecule has 2 aromatic carbocycles. The number of carbonyl (C=O) groups is 2. The minimum absolute atomic E-state index is 0.0481. The molecule has 1 atom stereocenters. The number of hydrogen-bond donors (Lipinski definition) is 1. The lowest BCUT2D eigenvalue weighted by atomic mass is 9.96. The minimum atomic E-state index is -2.99. The van der Waals surface area contributed by atoms with E-state index in [9.17, 15) is 18.4 Å². The molecule has 0 bridgehead atoms. The summed E-state index contributed by atoms with van der Waals surface area (Å²) in [6, 6.07) is 10.1. The Morgan fingerprint density at radius 2 is 1.94 bits per heavy atom. The number of benzene rings is 2. The zero-order valence-corrected chi connectivity index (χ0v) is 20.5. The van der Waals surface area contributed by atoms with Crippen molar-refractivity contribution >= 4 is 33.9 Å². The maximum absolute atomic E-state index is 12.7. The van der Waals surface area contributed by atoms with Gasteiger partial charge in [-0.15, -0.1) is 0 Å². The van der Waals surface area contributed by atoms with Crippen LogP contribution in [-0.2, 0) is 16.1 Å². The monoisotopic (exact) mass is 526 g/mol. The van der Waals surface area contributed by atoms with Crippen molar-refractivity contribution < 1.29 is 27.8 Å². The molecule has 0 saturated carbocycles. The zero-order chi connectivity index (χ0) is 24.4. The van der Waals surface area contributed by atoms with Crippen LogP contribution in [0.15, 0.2) is 40.9 Å². The van der Waals surface area contributed by atoms with Crippen molar-refractivity contribution in [1.82, 2.24) is 4.90 Å². The lowest BCUT2D eigenvalue weighted by molar-refractivity contribution is -0.118. The fraction of sp³-hybridized carbons (Fsp3) is 0.417. The number of alkyl halides is 2. The Morgan fingerprint density at radius 1 is 1.21 bits per heavy atom. The Morgan fingerprint density at radius 3 is 2.61 bits per heavy atom. The molecule has 0 heterocycles. The largest absolute Gasteiger partial charge is 0.493 e. The summed E-state index contributed by atoms with van der Waals surface area (Å²) >= 11 is 3.47. The molecular weight excluding hydrogens is 498 g/mol. The van der Waals surface area contributed by atoms with Crippen molar-refractivity contribution in [2.45, 2.75) is 52.2 Å². The molecule has 0 spiro atoms. The fourth-order valence-electron chi connectivity index (χ4n) is 3.26. The quantitative estimate of drug-likeness (QED) is 0.258. The molecule has 0 aliphatic carbocycles. The molecule has 2 aromatic rings. The summed E-state index contributed by atoms with van der Waals surface area (Å²) in [6.45, 7) is 1.70. The molecule has 33 heavy (non-hydrogen) atoms. The Labute approximate surface area is 201 Å². The lowest BCUT2D eigenvalue weighted by Crippen LogP contribution is -2.18. The van der Waals surface area contributed by atoms with Gasteiger partial charge in [-0.3, -0.25) is 9.59 Å². The molecule has 0 aromatic heterocycles. The van der Waals surface area contributed by atoms with Gasteiger partial charge in [0.25, 0.3) is 0 Å². The predicted molar refractivity (Wildman–Crippen MR) is 127 cm³/mol. The van der Waals surface area contributed by atoms with E-state index in [2.05, 4.69) is 32.9 Å². The van der Waals surface area contributed by atoms with Crippen LogP contribution in [0.5, 0.6) is 11.5 Å². The van der Waals surface area contributed by atoms with Gasteiger partial charge in [-0.25, -0.2) is 0 Å². The SMILES string of the molecule is CCCCOc1ccc(Br)cc1[C@H](C)CC(=O)Nc1ccc(OC(F)F)c(CN(C)C=O)c1. The fourth-order valence-corrected chi connectivity index (χ4v) is 3.64. The molecule has 180 valence electrons. The van der Waals surface area contributed by atoms with Crippen LogP contribution in [0.25, 0.3) is 0 Å². The molecule has 0 saturated heterocycles. The first-order valence-corrected chi connectivity index (χ1v) is 11.5.